The fourth-order valence-electron chi connectivity index (χ4n) is 3.89. The van der Waals surface area contributed by atoms with E-state index in [9.17, 15) is 0 Å². The lowest BCUT2D eigenvalue weighted by Gasteiger charge is -2.20. The first-order chi connectivity index (χ1) is 13.5. The summed E-state index contributed by atoms with van der Waals surface area (Å²) in [7, 11) is 5.03. The van der Waals surface area contributed by atoms with Crippen LogP contribution >= 0.6 is 0 Å². The molecule has 0 atom stereocenters. The van der Waals surface area contributed by atoms with E-state index in [-0.39, 0.29) is 6.10 Å². The molecule has 0 unspecified atom stereocenters. The number of fused-ring (bicyclic) bond motifs is 4. The van der Waals surface area contributed by atoms with Gasteiger partial charge in [0.05, 0.1) is 38.4 Å². The van der Waals surface area contributed by atoms with Crippen LogP contribution in [0.3, 0.4) is 0 Å². The Kier molecular flexibility index (Phi) is 4.75. The van der Waals surface area contributed by atoms with Crippen LogP contribution in [0.5, 0.6) is 23.0 Å². The second kappa shape index (κ2) is 7.23. The highest BCUT2D eigenvalue weighted by Gasteiger charge is 2.27. The molecule has 28 heavy (non-hydrogen) atoms. The molecular formula is C23H26NO4+. The summed E-state index contributed by atoms with van der Waals surface area (Å²) in [5.74, 6) is 3.06. The second-order valence-corrected chi connectivity index (χ2v) is 7.23. The van der Waals surface area contributed by atoms with E-state index in [1.54, 1.807) is 21.3 Å². The van der Waals surface area contributed by atoms with Crippen LogP contribution in [-0.4, -0.2) is 27.4 Å². The maximum Gasteiger partial charge on any atom is 0.213 e. The molecule has 0 saturated heterocycles. The maximum atomic E-state index is 6.00. The van der Waals surface area contributed by atoms with E-state index >= 15 is 0 Å². The number of aromatic nitrogens is 1. The number of hydrogen-bond acceptors (Lipinski definition) is 4. The van der Waals surface area contributed by atoms with Gasteiger partial charge in [-0.05, 0) is 49.1 Å². The van der Waals surface area contributed by atoms with Crippen LogP contribution < -0.4 is 23.5 Å². The summed E-state index contributed by atoms with van der Waals surface area (Å²) in [6.07, 6.45) is 3.17. The first kappa shape index (κ1) is 18.4. The molecule has 1 aliphatic rings. The van der Waals surface area contributed by atoms with Crippen molar-refractivity contribution in [1.82, 2.24) is 0 Å². The van der Waals surface area contributed by atoms with Crippen molar-refractivity contribution in [2.24, 2.45) is 0 Å². The van der Waals surface area contributed by atoms with Crippen LogP contribution in [0.15, 0.2) is 36.5 Å². The topological polar surface area (TPSA) is 40.8 Å². The van der Waals surface area contributed by atoms with Gasteiger partial charge in [-0.25, -0.2) is 0 Å². The van der Waals surface area contributed by atoms with Crippen molar-refractivity contribution in [2.75, 3.05) is 21.3 Å². The number of aryl methyl sites for hydroxylation is 2. The summed E-state index contributed by atoms with van der Waals surface area (Å²) in [6, 6.07) is 10.4. The van der Waals surface area contributed by atoms with E-state index in [1.807, 2.05) is 19.9 Å². The van der Waals surface area contributed by atoms with Crippen molar-refractivity contribution in [3.63, 3.8) is 0 Å². The largest absolute Gasteiger partial charge is 0.493 e. The minimum atomic E-state index is 0.0796. The second-order valence-electron chi connectivity index (χ2n) is 7.23. The molecule has 0 fully saturated rings. The van der Waals surface area contributed by atoms with Crippen LogP contribution in [0.2, 0.25) is 0 Å². The molecule has 5 nitrogen and oxygen atoms in total. The molecule has 0 aliphatic carbocycles. The quantitative estimate of drug-likeness (QED) is 0.623. The van der Waals surface area contributed by atoms with E-state index < -0.39 is 0 Å². The van der Waals surface area contributed by atoms with Gasteiger partial charge in [-0.2, -0.15) is 4.57 Å². The predicted molar refractivity (Wildman–Crippen MR) is 109 cm³/mol. The van der Waals surface area contributed by atoms with Gasteiger partial charge in [0, 0.05) is 12.5 Å². The van der Waals surface area contributed by atoms with Gasteiger partial charge in [0.2, 0.25) is 5.69 Å². The fourth-order valence-corrected chi connectivity index (χ4v) is 3.89. The third-order valence-corrected chi connectivity index (χ3v) is 5.15. The van der Waals surface area contributed by atoms with E-state index in [0.717, 1.165) is 52.4 Å². The minimum absolute atomic E-state index is 0.0796. The van der Waals surface area contributed by atoms with E-state index in [2.05, 4.69) is 35.0 Å². The zero-order valence-electron chi connectivity index (χ0n) is 17.0. The predicted octanol–water partition coefficient (Wildman–Crippen LogP) is 4.16. The van der Waals surface area contributed by atoms with Gasteiger partial charge in [0.15, 0.2) is 35.7 Å². The van der Waals surface area contributed by atoms with E-state index in [0.29, 0.717) is 0 Å². The molecular weight excluding hydrogens is 354 g/mol. The minimum Gasteiger partial charge on any atom is -0.493 e. The molecule has 0 bridgehead atoms. The smallest absolute Gasteiger partial charge is 0.213 e. The summed E-state index contributed by atoms with van der Waals surface area (Å²) >= 11 is 0. The summed E-state index contributed by atoms with van der Waals surface area (Å²) in [6.45, 7) is 4.94. The van der Waals surface area contributed by atoms with Gasteiger partial charge < -0.3 is 18.9 Å². The van der Waals surface area contributed by atoms with Crippen LogP contribution in [0.1, 0.15) is 19.4 Å². The number of hydrogen-bond donors (Lipinski definition) is 0. The standard InChI is InChI=1S/C23H26NO4/c1-14(2)28-22-12-17-16(11-21(22)26-4)8-9-24-13-18-15(10-19(17)24)6-7-20(25-3)23(18)27-5/h6-7,10-14H,8-9H2,1-5H3/q+1. The molecule has 0 N–H and O–H groups in total. The number of methoxy groups -OCH3 is 3. The van der Waals surface area contributed by atoms with Crippen molar-refractivity contribution >= 4 is 10.8 Å². The highest BCUT2D eigenvalue weighted by atomic mass is 16.5. The van der Waals surface area contributed by atoms with Crippen molar-refractivity contribution in [1.29, 1.82) is 0 Å². The molecule has 3 aromatic rings. The lowest BCUT2D eigenvalue weighted by Crippen LogP contribution is -2.40. The third kappa shape index (κ3) is 3.01. The molecule has 0 saturated carbocycles. The summed E-state index contributed by atoms with van der Waals surface area (Å²) < 4.78 is 24.9. The molecule has 2 heterocycles. The molecule has 0 radical (unpaired) electrons. The van der Waals surface area contributed by atoms with Crippen LogP contribution in [0, 0.1) is 0 Å². The molecule has 0 spiro atoms. The van der Waals surface area contributed by atoms with Crippen molar-refractivity contribution in [2.45, 2.75) is 32.9 Å². The monoisotopic (exact) mass is 380 g/mol. The maximum absolute atomic E-state index is 6.00. The Morgan fingerprint density at radius 1 is 0.893 bits per heavy atom. The average molecular weight is 380 g/mol. The molecule has 0 amide bonds. The highest BCUT2D eigenvalue weighted by molar-refractivity contribution is 5.91. The summed E-state index contributed by atoms with van der Waals surface area (Å²) in [4.78, 5) is 0. The zero-order chi connectivity index (χ0) is 19.8. The Bertz CT molecular complexity index is 1040. The number of ether oxygens (including phenoxy) is 4. The Hall–Kier alpha value is -2.95. The van der Waals surface area contributed by atoms with Gasteiger partial charge in [-0.15, -0.1) is 0 Å². The highest BCUT2D eigenvalue weighted by Crippen LogP contribution is 2.40. The average Bonchev–Trinajstić information content (AvgIpc) is 2.70. The normalized spacial score (nSPS) is 12.5. The number of rotatable bonds is 5. The molecule has 2 aromatic carbocycles. The number of nitrogens with zero attached hydrogens (tertiary/aromatic N) is 1. The Morgan fingerprint density at radius 2 is 1.68 bits per heavy atom. The van der Waals surface area contributed by atoms with Crippen LogP contribution in [0.4, 0.5) is 0 Å². The third-order valence-electron chi connectivity index (χ3n) is 5.15. The molecule has 5 heteroatoms. The van der Waals surface area contributed by atoms with Gasteiger partial charge >= 0.3 is 0 Å². The van der Waals surface area contributed by atoms with Crippen molar-refractivity contribution in [3.8, 4) is 34.3 Å². The first-order valence-electron chi connectivity index (χ1n) is 9.51. The van der Waals surface area contributed by atoms with Crippen molar-refractivity contribution in [3.05, 3.63) is 42.1 Å². The fraction of sp³-hybridized carbons (Fsp3) is 0.348. The van der Waals surface area contributed by atoms with Gasteiger partial charge in [-0.1, -0.05) is 0 Å². The van der Waals surface area contributed by atoms with Gasteiger partial charge in [0.1, 0.15) is 0 Å². The Labute approximate surface area is 165 Å². The van der Waals surface area contributed by atoms with Crippen LogP contribution in [-0.2, 0) is 13.0 Å². The first-order valence-corrected chi connectivity index (χ1v) is 9.51. The van der Waals surface area contributed by atoms with Gasteiger partial charge in [-0.3, -0.25) is 0 Å². The number of pyridine rings is 1. The lowest BCUT2D eigenvalue weighted by molar-refractivity contribution is -0.686. The van der Waals surface area contributed by atoms with Gasteiger partial charge in [0.25, 0.3) is 0 Å². The molecule has 1 aliphatic heterocycles. The van der Waals surface area contributed by atoms with E-state index in [1.165, 1.54) is 11.1 Å². The SMILES string of the molecule is COc1cc2c(cc1OC(C)C)-c1cc3ccc(OC)c(OC)c3c[n+]1CC2. The van der Waals surface area contributed by atoms with Crippen LogP contribution in [0.25, 0.3) is 22.0 Å². The molecule has 146 valence electrons. The molecule has 4 rings (SSSR count). The lowest BCUT2D eigenvalue weighted by atomic mass is 9.95. The summed E-state index contributed by atoms with van der Waals surface area (Å²) in [5, 5.41) is 2.15. The zero-order valence-corrected chi connectivity index (χ0v) is 17.0. The van der Waals surface area contributed by atoms with Crippen molar-refractivity contribution < 1.29 is 23.5 Å². The summed E-state index contributed by atoms with van der Waals surface area (Å²) in [5.41, 5.74) is 3.62. The number of benzene rings is 2. The Balaban J connectivity index is 1.92. The van der Waals surface area contributed by atoms with E-state index in [4.69, 9.17) is 18.9 Å². The molecule has 1 aromatic heterocycles. The Morgan fingerprint density at radius 3 is 2.36 bits per heavy atom.